The molecule has 0 N–H and O–H groups in total. The summed E-state index contributed by atoms with van der Waals surface area (Å²) in [7, 11) is -5.23. The van der Waals surface area contributed by atoms with Crippen LogP contribution < -0.4 is 0 Å². The lowest BCUT2D eigenvalue weighted by molar-refractivity contribution is -0.0436. The second-order valence-corrected chi connectivity index (χ2v) is 5.77. The van der Waals surface area contributed by atoms with Crippen LogP contribution in [-0.2, 0) is 9.84 Å². The molecule has 0 bridgehead atoms. The van der Waals surface area contributed by atoms with Crippen LogP contribution in [0.25, 0.3) is 0 Å². The summed E-state index contributed by atoms with van der Waals surface area (Å²) >= 11 is 0. The van der Waals surface area contributed by atoms with Gasteiger partial charge in [-0.05, 0) is 30.0 Å². The van der Waals surface area contributed by atoms with Crippen LogP contribution in [0.1, 0.15) is 31.7 Å². The fourth-order valence-electron chi connectivity index (χ4n) is 1.34. The molecule has 96 valence electrons. The highest BCUT2D eigenvalue weighted by molar-refractivity contribution is 7.92. The van der Waals surface area contributed by atoms with E-state index in [9.17, 15) is 21.6 Å². The first kappa shape index (κ1) is 14.0. The van der Waals surface area contributed by atoms with Crippen molar-refractivity contribution in [2.75, 3.05) is 0 Å². The zero-order chi connectivity index (χ0) is 13.3. The Labute approximate surface area is 98.4 Å². The first-order valence-electron chi connectivity index (χ1n) is 5.11. The van der Waals surface area contributed by atoms with Crippen molar-refractivity contribution in [1.82, 2.24) is 0 Å². The summed E-state index contributed by atoms with van der Waals surface area (Å²) in [5.74, 6) is 0.192. The molecule has 0 heterocycles. The van der Waals surface area contributed by atoms with E-state index in [-0.39, 0.29) is 5.92 Å². The summed E-state index contributed by atoms with van der Waals surface area (Å²) in [5.41, 5.74) is -4.42. The molecule has 1 aromatic carbocycles. The van der Waals surface area contributed by atoms with Crippen LogP contribution in [-0.4, -0.2) is 13.9 Å². The summed E-state index contributed by atoms with van der Waals surface area (Å²) < 4.78 is 58.9. The van der Waals surface area contributed by atoms with Gasteiger partial charge in [-0.2, -0.15) is 13.2 Å². The molecule has 0 spiro atoms. The highest BCUT2D eigenvalue weighted by Gasteiger charge is 2.46. The fraction of sp³-hybridized carbons (Fsp3) is 0.455. The molecule has 2 nitrogen and oxygen atoms in total. The number of benzene rings is 1. The van der Waals surface area contributed by atoms with E-state index in [1.807, 2.05) is 13.8 Å². The van der Waals surface area contributed by atoms with E-state index in [2.05, 4.69) is 0 Å². The summed E-state index contributed by atoms with van der Waals surface area (Å²) in [6, 6.07) is 4.86. The average molecular weight is 266 g/mol. The minimum Gasteiger partial charge on any atom is -0.214 e. The van der Waals surface area contributed by atoms with Crippen molar-refractivity contribution in [3.05, 3.63) is 29.8 Å². The molecule has 0 aliphatic rings. The summed E-state index contributed by atoms with van der Waals surface area (Å²) in [4.78, 5) is -0.711. The largest absolute Gasteiger partial charge is 0.501 e. The fourth-order valence-corrected chi connectivity index (χ4v) is 2.11. The van der Waals surface area contributed by atoms with Crippen LogP contribution >= 0.6 is 0 Å². The maximum Gasteiger partial charge on any atom is 0.501 e. The third kappa shape index (κ3) is 2.80. The van der Waals surface area contributed by atoms with Gasteiger partial charge in [0.05, 0.1) is 4.90 Å². The van der Waals surface area contributed by atoms with Crippen molar-refractivity contribution < 1.29 is 21.6 Å². The third-order valence-corrected chi connectivity index (χ3v) is 4.18. The molecule has 1 atom stereocenters. The van der Waals surface area contributed by atoms with Crippen LogP contribution in [0.5, 0.6) is 0 Å². The van der Waals surface area contributed by atoms with E-state index < -0.39 is 20.2 Å². The molecule has 0 saturated carbocycles. The summed E-state index contributed by atoms with van der Waals surface area (Å²) in [6.45, 7) is 3.87. The molecule has 0 amide bonds. The number of hydrogen-bond acceptors (Lipinski definition) is 2. The molecule has 6 heteroatoms. The topological polar surface area (TPSA) is 34.1 Å². The lowest BCUT2D eigenvalue weighted by Gasteiger charge is -2.11. The Kier molecular flexibility index (Phi) is 3.86. The smallest absolute Gasteiger partial charge is 0.214 e. The third-order valence-electron chi connectivity index (χ3n) is 2.68. The molecule has 0 radical (unpaired) electrons. The van der Waals surface area contributed by atoms with E-state index >= 15 is 0 Å². The standard InChI is InChI=1S/C11H13F3O2S/c1-3-8(2)9-4-6-10(7-5-9)17(15,16)11(12,13)14/h4-8H,3H2,1-2H3. The minimum atomic E-state index is -5.25. The second kappa shape index (κ2) is 4.68. The molecular formula is C11H13F3O2S. The highest BCUT2D eigenvalue weighted by Crippen LogP contribution is 2.31. The monoisotopic (exact) mass is 266 g/mol. The maximum atomic E-state index is 12.3. The van der Waals surface area contributed by atoms with E-state index in [4.69, 9.17) is 0 Å². The van der Waals surface area contributed by atoms with Gasteiger partial charge in [-0.1, -0.05) is 26.0 Å². The predicted molar refractivity (Wildman–Crippen MR) is 58.4 cm³/mol. The van der Waals surface area contributed by atoms with E-state index in [0.717, 1.165) is 24.1 Å². The van der Waals surface area contributed by atoms with Gasteiger partial charge >= 0.3 is 5.51 Å². The Balaban J connectivity index is 3.12. The second-order valence-electron chi connectivity index (χ2n) is 3.83. The zero-order valence-corrected chi connectivity index (χ0v) is 10.3. The van der Waals surface area contributed by atoms with Crippen LogP contribution in [0, 0.1) is 0 Å². The summed E-state index contributed by atoms with van der Waals surface area (Å²) in [6.07, 6.45) is 0.839. The van der Waals surface area contributed by atoms with Gasteiger partial charge in [-0.3, -0.25) is 0 Å². The van der Waals surface area contributed by atoms with Crippen molar-refractivity contribution >= 4 is 9.84 Å². The Hall–Kier alpha value is -1.04. The van der Waals surface area contributed by atoms with Crippen molar-refractivity contribution in [2.24, 2.45) is 0 Å². The SMILES string of the molecule is CCC(C)c1ccc(S(=O)(=O)C(F)(F)F)cc1. The van der Waals surface area contributed by atoms with Crippen molar-refractivity contribution in [3.8, 4) is 0 Å². The quantitative estimate of drug-likeness (QED) is 0.839. The zero-order valence-electron chi connectivity index (χ0n) is 9.45. The number of alkyl halides is 3. The van der Waals surface area contributed by atoms with Gasteiger partial charge in [0.2, 0.25) is 0 Å². The van der Waals surface area contributed by atoms with Gasteiger partial charge in [0.1, 0.15) is 0 Å². The molecule has 0 aliphatic carbocycles. The van der Waals surface area contributed by atoms with Crippen molar-refractivity contribution in [3.63, 3.8) is 0 Å². The number of sulfone groups is 1. The van der Waals surface area contributed by atoms with Gasteiger partial charge in [-0.15, -0.1) is 0 Å². The van der Waals surface area contributed by atoms with E-state index in [1.165, 1.54) is 12.1 Å². The Bertz CT molecular complexity index is 474. The van der Waals surface area contributed by atoms with Gasteiger partial charge < -0.3 is 0 Å². The Morgan fingerprint density at radius 1 is 1.18 bits per heavy atom. The van der Waals surface area contributed by atoms with Crippen LogP contribution in [0.4, 0.5) is 13.2 Å². The lowest BCUT2D eigenvalue weighted by Crippen LogP contribution is -2.23. The molecule has 0 saturated heterocycles. The van der Waals surface area contributed by atoms with Gasteiger partial charge in [0.15, 0.2) is 0 Å². The van der Waals surface area contributed by atoms with Gasteiger partial charge in [0.25, 0.3) is 9.84 Å². The molecular weight excluding hydrogens is 253 g/mol. The van der Waals surface area contributed by atoms with Crippen LogP contribution in [0.15, 0.2) is 29.2 Å². The molecule has 17 heavy (non-hydrogen) atoms. The van der Waals surface area contributed by atoms with Gasteiger partial charge in [0, 0.05) is 0 Å². The first-order valence-corrected chi connectivity index (χ1v) is 6.59. The maximum absolute atomic E-state index is 12.3. The molecule has 0 aliphatic heterocycles. The Morgan fingerprint density at radius 3 is 2.00 bits per heavy atom. The number of hydrogen-bond donors (Lipinski definition) is 0. The van der Waals surface area contributed by atoms with E-state index in [1.54, 1.807) is 0 Å². The number of rotatable bonds is 3. The lowest BCUT2D eigenvalue weighted by atomic mass is 9.99. The average Bonchev–Trinajstić information content (AvgIpc) is 2.26. The highest BCUT2D eigenvalue weighted by atomic mass is 32.2. The van der Waals surface area contributed by atoms with Crippen molar-refractivity contribution in [2.45, 2.75) is 36.6 Å². The predicted octanol–water partition coefficient (Wildman–Crippen LogP) is 3.49. The van der Waals surface area contributed by atoms with E-state index in [0.29, 0.717) is 0 Å². The Morgan fingerprint density at radius 2 is 1.65 bits per heavy atom. The minimum absolute atomic E-state index is 0.192. The molecule has 1 aromatic rings. The molecule has 0 aromatic heterocycles. The van der Waals surface area contributed by atoms with Gasteiger partial charge in [-0.25, -0.2) is 8.42 Å². The van der Waals surface area contributed by atoms with Crippen LogP contribution in [0.3, 0.4) is 0 Å². The first-order chi connectivity index (χ1) is 7.70. The van der Waals surface area contributed by atoms with Crippen molar-refractivity contribution in [1.29, 1.82) is 0 Å². The molecule has 1 unspecified atom stereocenters. The number of halogens is 3. The van der Waals surface area contributed by atoms with Crippen LogP contribution in [0.2, 0.25) is 0 Å². The molecule has 1 rings (SSSR count). The normalized spacial score (nSPS) is 14.6. The molecule has 0 fully saturated rings. The summed E-state index contributed by atoms with van der Waals surface area (Å²) in [5, 5.41) is 0.